The van der Waals surface area contributed by atoms with Crippen LogP contribution in [-0.2, 0) is 23.7 Å². The lowest BCUT2D eigenvalue weighted by molar-refractivity contribution is -0.125. The number of hydrogen-bond donors (Lipinski definition) is 2. The van der Waals surface area contributed by atoms with E-state index >= 15 is 0 Å². The van der Waals surface area contributed by atoms with E-state index in [4.69, 9.17) is 25.4 Å². The Morgan fingerprint density at radius 1 is 1.23 bits per heavy atom. The van der Waals surface area contributed by atoms with Crippen LogP contribution in [0.4, 0.5) is 16.2 Å². The van der Waals surface area contributed by atoms with E-state index in [0.717, 1.165) is 18.7 Å². The van der Waals surface area contributed by atoms with Crippen LogP contribution >= 0.6 is 0 Å². The number of aromatic nitrogens is 2. The van der Waals surface area contributed by atoms with Gasteiger partial charge in [0.25, 0.3) is 0 Å². The number of allylic oxidation sites excluding steroid dienone is 5. The third-order valence-corrected chi connectivity index (χ3v) is 6.79. The standard InChI is InChI=1S/C19H24N6O3.C15H16O3.C2H6/c1-13(2)22-17-15(10-20)11-21-25-12-16(14(3)18(17)25)23-19(26)28-9-6-24-4-7-27-8-5-24;1-7-8-9-12(17-10(2)3)13-11(4)14(16)15(5,6)18-13;1-2/h11-12,22H,1,4-9H2,2-3H3,(H,23,26);1,8-9H,2,4H2,3,5-6H3;1-2H3/b;9-8-,13-12-;. The van der Waals surface area contributed by atoms with Crippen LogP contribution < -0.4 is 10.6 Å². The van der Waals surface area contributed by atoms with E-state index in [2.05, 4.69) is 52.4 Å². The number of ether oxygens (including phenoxy) is 4. The minimum Gasteiger partial charge on any atom is -0.475 e. The molecule has 0 atom stereocenters. The fourth-order valence-corrected chi connectivity index (χ4v) is 4.57. The van der Waals surface area contributed by atoms with Gasteiger partial charge in [-0.05, 0) is 46.8 Å². The lowest BCUT2D eigenvalue weighted by Gasteiger charge is -2.26. The molecule has 0 spiro atoms. The fraction of sp³-hybridized carbons (Fsp3) is 0.389. The van der Waals surface area contributed by atoms with E-state index in [1.165, 1.54) is 12.3 Å². The number of nitriles is 1. The molecule has 0 aromatic carbocycles. The van der Waals surface area contributed by atoms with Crippen LogP contribution in [0.5, 0.6) is 0 Å². The number of nitrogens with one attached hydrogen (secondary N) is 2. The van der Waals surface area contributed by atoms with Crippen molar-refractivity contribution < 1.29 is 28.5 Å². The van der Waals surface area contributed by atoms with E-state index in [1.54, 1.807) is 44.5 Å². The summed E-state index contributed by atoms with van der Waals surface area (Å²) in [6.45, 7) is 28.0. The van der Waals surface area contributed by atoms with Gasteiger partial charge in [0.15, 0.2) is 17.1 Å². The minimum atomic E-state index is -0.930. The van der Waals surface area contributed by atoms with Crippen molar-refractivity contribution in [3.63, 3.8) is 0 Å². The highest BCUT2D eigenvalue weighted by atomic mass is 16.6. The fourth-order valence-electron chi connectivity index (χ4n) is 4.57. The Morgan fingerprint density at radius 3 is 2.44 bits per heavy atom. The van der Waals surface area contributed by atoms with Gasteiger partial charge in [0.2, 0.25) is 5.78 Å². The van der Waals surface area contributed by atoms with Crippen LogP contribution in [-0.4, -0.2) is 71.4 Å². The summed E-state index contributed by atoms with van der Waals surface area (Å²) in [4.78, 5) is 26.3. The molecule has 0 aliphatic carbocycles. The van der Waals surface area contributed by atoms with Crippen molar-refractivity contribution >= 4 is 28.8 Å². The largest absolute Gasteiger partial charge is 0.475 e. The molecule has 2 fully saturated rings. The number of rotatable bonds is 9. The zero-order chi connectivity index (χ0) is 36.0. The summed E-state index contributed by atoms with van der Waals surface area (Å²) in [5.74, 6) is 3.28. The number of fused-ring (bicyclic) bond motifs is 1. The average Bonchev–Trinajstić information content (AvgIpc) is 3.47. The Bertz CT molecular complexity index is 1680. The zero-order valence-electron chi connectivity index (χ0n) is 29.0. The first-order valence-electron chi connectivity index (χ1n) is 15.5. The third kappa shape index (κ3) is 10.4. The predicted molar refractivity (Wildman–Crippen MR) is 187 cm³/mol. The molecular weight excluding hydrogens is 612 g/mol. The van der Waals surface area contributed by atoms with Crippen LogP contribution in [0.25, 0.3) is 5.52 Å². The van der Waals surface area contributed by atoms with Crippen molar-refractivity contribution in [2.45, 2.75) is 54.1 Å². The van der Waals surface area contributed by atoms with Crippen molar-refractivity contribution in [2.24, 2.45) is 0 Å². The lowest BCUT2D eigenvalue weighted by Crippen LogP contribution is -2.38. The molecule has 2 N–H and O–H groups in total. The molecule has 12 heteroatoms. The van der Waals surface area contributed by atoms with Gasteiger partial charge in [-0.2, -0.15) is 10.4 Å². The topological polar surface area (TPSA) is 139 Å². The number of morpholine rings is 1. The van der Waals surface area contributed by atoms with Gasteiger partial charge in [0.1, 0.15) is 12.7 Å². The van der Waals surface area contributed by atoms with Gasteiger partial charge >= 0.3 is 6.09 Å². The van der Waals surface area contributed by atoms with Crippen molar-refractivity contribution in [3.8, 4) is 18.4 Å². The van der Waals surface area contributed by atoms with Crippen LogP contribution in [0.3, 0.4) is 0 Å². The van der Waals surface area contributed by atoms with Gasteiger partial charge in [-0.1, -0.05) is 39.5 Å². The summed E-state index contributed by atoms with van der Waals surface area (Å²) in [6.07, 6.45) is 10.8. The average molecular weight is 659 g/mol. The molecule has 256 valence electrons. The maximum absolute atomic E-state index is 12.2. The summed E-state index contributed by atoms with van der Waals surface area (Å²) in [7, 11) is 0. The van der Waals surface area contributed by atoms with Gasteiger partial charge in [0, 0.05) is 30.9 Å². The number of hydrogen-bond acceptors (Lipinski definition) is 10. The molecule has 4 heterocycles. The Morgan fingerprint density at radius 2 is 1.90 bits per heavy atom. The van der Waals surface area contributed by atoms with Gasteiger partial charge in [0.05, 0.1) is 59.4 Å². The number of aryl methyl sites for hydroxylation is 1. The van der Waals surface area contributed by atoms with Crippen molar-refractivity contribution in [3.05, 3.63) is 84.0 Å². The van der Waals surface area contributed by atoms with Crippen LogP contribution in [0, 0.1) is 30.6 Å². The highest BCUT2D eigenvalue weighted by Gasteiger charge is 2.43. The first-order chi connectivity index (χ1) is 22.8. The monoisotopic (exact) mass is 658 g/mol. The highest BCUT2D eigenvalue weighted by molar-refractivity contribution is 6.06. The smallest absolute Gasteiger partial charge is 0.411 e. The van der Waals surface area contributed by atoms with Crippen LogP contribution in [0.1, 0.15) is 52.7 Å². The molecule has 12 nitrogen and oxygen atoms in total. The Balaban J connectivity index is 0.000000347. The molecule has 4 rings (SSSR count). The quantitative estimate of drug-likeness (QED) is 0.181. The SMILES string of the molecule is C#C/C=C\C(OC(=C)C)=C1\OC(C)(C)C(=O)C1=C.C=C(C)Nc1c(C#N)cnn2cc(NC(=O)OCCN3CCOCC3)c(C)c12.CC. The maximum Gasteiger partial charge on any atom is 0.411 e. The Kier molecular flexibility index (Phi) is 14.7. The van der Waals surface area contributed by atoms with Crippen molar-refractivity contribution in [2.75, 3.05) is 50.1 Å². The molecule has 2 aliphatic rings. The normalized spacial score (nSPS) is 16.3. The molecular formula is C36H46N6O6. The van der Waals surface area contributed by atoms with E-state index < -0.39 is 11.7 Å². The van der Waals surface area contributed by atoms with Gasteiger partial charge in [-0.3, -0.25) is 15.0 Å². The number of nitrogens with zero attached hydrogens (tertiary/aromatic N) is 4. The van der Waals surface area contributed by atoms with Gasteiger partial charge in [-0.25, -0.2) is 9.31 Å². The van der Waals surface area contributed by atoms with Crippen molar-refractivity contribution in [1.82, 2.24) is 14.5 Å². The van der Waals surface area contributed by atoms with E-state index in [-0.39, 0.29) is 11.4 Å². The summed E-state index contributed by atoms with van der Waals surface area (Å²) >= 11 is 0. The van der Waals surface area contributed by atoms with Crippen LogP contribution in [0.2, 0.25) is 0 Å². The summed E-state index contributed by atoms with van der Waals surface area (Å²) in [5, 5.41) is 19.5. The molecule has 2 aromatic rings. The molecule has 48 heavy (non-hydrogen) atoms. The molecule has 2 saturated heterocycles. The highest BCUT2D eigenvalue weighted by Crippen LogP contribution is 2.35. The predicted octanol–water partition coefficient (Wildman–Crippen LogP) is 6.24. The number of ketones is 1. The maximum atomic E-state index is 12.2. The number of amides is 1. The third-order valence-electron chi connectivity index (χ3n) is 6.79. The van der Waals surface area contributed by atoms with E-state index in [0.29, 0.717) is 71.8 Å². The first kappa shape index (κ1) is 38.9. The summed E-state index contributed by atoms with van der Waals surface area (Å²) < 4.78 is 23.2. The second-order valence-corrected chi connectivity index (χ2v) is 11.0. The van der Waals surface area contributed by atoms with Gasteiger partial charge in [-0.15, -0.1) is 6.42 Å². The number of anilines is 2. The van der Waals surface area contributed by atoms with E-state index in [1.807, 2.05) is 20.8 Å². The molecule has 2 aliphatic heterocycles. The summed E-state index contributed by atoms with van der Waals surface area (Å²) in [5.41, 5.74) is 3.10. The molecule has 0 unspecified atom stereocenters. The number of carbonyl (C=O) groups is 2. The van der Waals surface area contributed by atoms with E-state index in [9.17, 15) is 14.9 Å². The molecule has 1 amide bonds. The second kappa shape index (κ2) is 18.1. The summed E-state index contributed by atoms with van der Waals surface area (Å²) in [6, 6.07) is 2.12. The molecule has 0 saturated carbocycles. The number of Topliss-reactive ketones (excluding diaryl/α,β-unsaturated/α-hetero) is 1. The van der Waals surface area contributed by atoms with Crippen LogP contribution in [0.15, 0.2) is 72.8 Å². The number of carbonyl (C=O) groups excluding carboxylic acids is 2. The number of terminal acetylenes is 1. The molecule has 2 aromatic heterocycles. The lowest BCUT2D eigenvalue weighted by atomic mass is 10.0. The first-order valence-corrected chi connectivity index (χ1v) is 15.5. The van der Waals surface area contributed by atoms with Crippen molar-refractivity contribution in [1.29, 1.82) is 5.26 Å². The Labute approximate surface area is 283 Å². The molecule has 0 bridgehead atoms. The molecule has 0 radical (unpaired) electrons. The zero-order valence-corrected chi connectivity index (χ0v) is 29.0. The second-order valence-electron chi connectivity index (χ2n) is 11.0. The van der Waals surface area contributed by atoms with Gasteiger partial charge < -0.3 is 24.3 Å². The minimum absolute atomic E-state index is 0.172. The Hall–Kier alpha value is -5.30.